The molecule has 0 aliphatic carbocycles. The third-order valence-corrected chi connectivity index (χ3v) is 7.26. The second-order valence-corrected chi connectivity index (χ2v) is 9.61. The lowest BCUT2D eigenvalue weighted by atomic mass is 10.1. The van der Waals surface area contributed by atoms with E-state index in [0.717, 1.165) is 17.0 Å². The molecule has 4 aromatic rings. The second kappa shape index (κ2) is 11.1. The maximum Gasteiger partial charge on any atom is 0.337 e. The molecule has 200 valence electrons. The van der Waals surface area contributed by atoms with Gasteiger partial charge in [-0.05, 0) is 60.2 Å². The Morgan fingerprint density at radius 2 is 1.62 bits per heavy atom. The van der Waals surface area contributed by atoms with Gasteiger partial charge in [0.25, 0.3) is 11.5 Å². The van der Waals surface area contributed by atoms with Gasteiger partial charge in [-0.25, -0.2) is 4.79 Å². The number of benzene rings is 3. The van der Waals surface area contributed by atoms with Crippen LogP contribution < -0.4 is 15.2 Å². The van der Waals surface area contributed by atoms with Crippen LogP contribution in [0.1, 0.15) is 26.3 Å². The zero-order valence-corrected chi connectivity index (χ0v) is 22.5. The number of anilines is 1. The molecule has 0 atom stereocenters. The lowest BCUT2D eigenvalue weighted by Gasteiger charge is -2.36. The highest BCUT2D eigenvalue weighted by Gasteiger charge is 2.23. The number of amides is 1. The van der Waals surface area contributed by atoms with Crippen molar-refractivity contribution in [2.45, 2.75) is 6.54 Å². The molecule has 1 aliphatic rings. The molecular weight excluding hydrogens is 516 g/mol. The van der Waals surface area contributed by atoms with Crippen molar-refractivity contribution < 1.29 is 19.1 Å². The van der Waals surface area contributed by atoms with Crippen molar-refractivity contribution >= 4 is 40.7 Å². The molecule has 1 aromatic heterocycles. The molecule has 39 heavy (non-hydrogen) atoms. The van der Waals surface area contributed by atoms with Gasteiger partial charge in [0, 0.05) is 31.7 Å². The van der Waals surface area contributed by atoms with Crippen molar-refractivity contribution in [3.05, 3.63) is 98.5 Å². The number of nitrogens with one attached hydrogen (secondary N) is 1. The number of nitrogens with zero attached hydrogens (tertiary/aromatic N) is 3. The van der Waals surface area contributed by atoms with E-state index in [-0.39, 0.29) is 22.8 Å². The van der Waals surface area contributed by atoms with E-state index in [1.54, 1.807) is 37.4 Å². The molecule has 3 aromatic carbocycles. The summed E-state index contributed by atoms with van der Waals surface area (Å²) in [5.74, 6) is 0.306. The molecule has 2 heterocycles. The lowest BCUT2D eigenvalue weighted by molar-refractivity contribution is 0.0600. The van der Waals surface area contributed by atoms with Gasteiger partial charge < -0.3 is 24.3 Å². The summed E-state index contributed by atoms with van der Waals surface area (Å²) in [5, 5.41) is 0.412. The number of esters is 1. The summed E-state index contributed by atoms with van der Waals surface area (Å²) in [6, 6.07) is 19.8. The van der Waals surface area contributed by atoms with Crippen molar-refractivity contribution in [2.75, 3.05) is 45.3 Å². The zero-order chi connectivity index (χ0) is 27.5. The van der Waals surface area contributed by atoms with E-state index in [1.807, 2.05) is 41.3 Å². The van der Waals surface area contributed by atoms with Gasteiger partial charge in [0.05, 0.1) is 42.9 Å². The van der Waals surface area contributed by atoms with Crippen LogP contribution in [0.25, 0.3) is 10.9 Å². The van der Waals surface area contributed by atoms with Crippen molar-refractivity contribution in [3.63, 3.8) is 0 Å². The predicted octanol–water partition coefficient (Wildman–Crippen LogP) is 3.86. The van der Waals surface area contributed by atoms with Gasteiger partial charge in [0.15, 0.2) is 4.77 Å². The number of hydrogen-bond donors (Lipinski definition) is 1. The summed E-state index contributed by atoms with van der Waals surface area (Å²) >= 11 is 5.44. The van der Waals surface area contributed by atoms with Crippen molar-refractivity contribution in [1.29, 1.82) is 0 Å². The number of aromatic nitrogens is 2. The normalized spacial score (nSPS) is 13.4. The van der Waals surface area contributed by atoms with E-state index in [4.69, 9.17) is 21.7 Å². The molecule has 1 N–H and O–H groups in total. The molecule has 1 amide bonds. The average Bonchev–Trinajstić information content (AvgIpc) is 2.98. The lowest BCUT2D eigenvalue weighted by Crippen LogP contribution is -2.48. The third-order valence-electron chi connectivity index (χ3n) is 6.94. The van der Waals surface area contributed by atoms with Crippen molar-refractivity contribution in [2.24, 2.45) is 0 Å². The van der Waals surface area contributed by atoms with E-state index < -0.39 is 5.97 Å². The van der Waals surface area contributed by atoms with Gasteiger partial charge in [-0.15, -0.1) is 0 Å². The number of fused-ring (bicyclic) bond motifs is 1. The number of H-pyrrole nitrogens is 1. The number of piperazine rings is 1. The van der Waals surface area contributed by atoms with Crippen molar-refractivity contribution in [3.8, 4) is 5.75 Å². The monoisotopic (exact) mass is 544 g/mol. The fraction of sp³-hybridized carbons (Fsp3) is 0.241. The van der Waals surface area contributed by atoms with Gasteiger partial charge >= 0.3 is 5.97 Å². The number of carbonyl (C=O) groups excluding carboxylic acids is 2. The molecule has 5 rings (SSSR count). The minimum absolute atomic E-state index is 0.0252. The van der Waals surface area contributed by atoms with Crippen LogP contribution in [0, 0.1) is 4.77 Å². The molecule has 0 unspecified atom stereocenters. The highest BCUT2D eigenvalue weighted by Crippen LogP contribution is 2.28. The number of methoxy groups -OCH3 is 2. The van der Waals surface area contributed by atoms with Crippen LogP contribution >= 0.6 is 12.2 Å². The van der Waals surface area contributed by atoms with E-state index in [9.17, 15) is 14.4 Å². The Labute approximate surface area is 230 Å². The quantitative estimate of drug-likeness (QED) is 0.291. The van der Waals surface area contributed by atoms with Crippen LogP contribution in [0.15, 0.2) is 71.5 Å². The van der Waals surface area contributed by atoms with Gasteiger partial charge in [-0.3, -0.25) is 14.2 Å². The molecule has 1 fully saturated rings. The van der Waals surface area contributed by atoms with E-state index in [0.29, 0.717) is 48.2 Å². The molecule has 1 aliphatic heterocycles. The Bertz CT molecular complexity index is 1650. The molecule has 0 radical (unpaired) electrons. The van der Waals surface area contributed by atoms with Crippen molar-refractivity contribution in [1.82, 2.24) is 14.5 Å². The summed E-state index contributed by atoms with van der Waals surface area (Å²) in [4.78, 5) is 45.2. The fourth-order valence-corrected chi connectivity index (χ4v) is 5.06. The summed E-state index contributed by atoms with van der Waals surface area (Å²) in [7, 11) is 2.96. The Morgan fingerprint density at radius 3 is 2.31 bits per heavy atom. The Balaban J connectivity index is 1.28. The van der Waals surface area contributed by atoms with Crippen LogP contribution in [0.4, 0.5) is 5.69 Å². The first-order valence-corrected chi connectivity index (χ1v) is 12.9. The Kier molecular flexibility index (Phi) is 7.47. The van der Waals surface area contributed by atoms with Crippen LogP contribution in [0.3, 0.4) is 0 Å². The predicted molar refractivity (Wildman–Crippen MR) is 151 cm³/mol. The first kappa shape index (κ1) is 26.2. The molecule has 0 saturated carbocycles. The average molecular weight is 545 g/mol. The maximum atomic E-state index is 13.2. The number of carbonyl (C=O) groups is 2. The molecule has 0 spiro atoms. The highest BCUT2D eigenvalue weighted by molar-refractivity contribution is 7.71. The SMILES string of the molecule is COC(=O)c1ccc2c(=O)n(Cc3ccc(C(=O)N4CCN(c5ccccc5OC)CC4)cc3)c(=S)[nH]c2c1. The maximum absolute atomic E-state index is 13.2. The van der Waals surface area contributed by atoms with E-state index in [2.05, 4.69) is 9.88 Å². The van der Waals surface area contributed by atoms with Gasteiger partial charge in [0.2, 0.25) is 0 Å². The summed E-state index contributed by atoms with van der Waals surface area (Å²) in [6.07, 6.45) is 0. The molecular formula is C29H28N4O5S. The van der Waals surface area contributed by atoms with Crippen LogP contribution in [-0.2, 0) is 11.3 Å². The first-order valence-electron chi connectivity index (χ1n) is 12.5. The van der Waals surface area contributed by atoms with Gasteiger partial charge in [-0.2, -0.15) is 0 Å². The molecule has 1 saturated heterocycles. The Hall–Kier alpha value is -4.44. The smallest absolute Gasteiger partial charge is 0.337 e. The minimum atomic E-state index is -0.492. The molecule has 0 bridgehead atoms. The zero-order valence-electron chi connectivity index (χ0n) is 21.7. The van der Waals surface area contributed by atoms with Crippen LogP contribution in [0.2, 0.25) is 0 Å². The summed E-state index contributed by atoms with van der Waals surface area (Å²) in [6.45, 7) is 2.90. The fourth-order valence-electron chi connectivity index (χ4n) is 4.80. The number of para-hydroxylation sites is 2. The Morgan fingerprint density at radius 1 is 0.923 bits per heavy atom. The summed E-state index contributed by atoms with van der Waals surface area (Å²) < 4.78 is 11.9. The molecule has 9 nitrogen and oxygen atoms in total. The van der Waals surface area contributed by atoms with Crippen LogP contribution in [-0.4, -0.2) is 66.7 Å². The highest BCUT2D eigenvalue weighted by atomic mass is 32.1. The van der Waals surface area contributed by atoms with Gasteiger partial charge in [0.1, 0.15) is 5.75 Å². The largest absolute Gasteiger partial charge is 0.495 e. The van der Waals surface area contributed by atoms with E-state index >= 15 is 0 Å². The topological polar surface area (TPSA) is 96.9 Å². The standard InChI is InChI=1S/C29H28N4O5S/c1-37-25-6-4-3-5-24(25)31-13-15-32(16-14-31)26(34)20-9-7-19(8-10-20)18-33-27(35)22-12-11-21(28(36)38-2)17-23(22)30-29(33)39/h3-12,17H,13-16,18H2,1-2H3,(H,30,39). The second-order valence-electron chi connectivity index (χ2n) is 9.22. The number of hydrogen-bond acceptors (Lipinski definition) is 7. The van der Waals surface area contributed by atoms with Gasteiger partial charge in [-0.1, -0.05) is 24.3 Å². The van der Waals surface area contributed by atoms with Crippen LogP contribution in [0.5, 0.6) is 5.75 Å². The first-order chi connectivity index (χ1) is 18.9. The number of rotatable bonds is 6. The minimum Gasteiger partial charge on any atom is -0.495 e. The number of ether oxygens (including phenoxy) is 2. The molecule has 10 heteroatoms. The third kappa shape index (κ3) is 5.28. The van der Waals surface area contributed by atoms with E-state index in [1.165, 1.54) is 11.7 Å². The number of aromatic amines is 1. The summed E-state index contributed by atoms with van der Waals surface area (Å²) in [5.41, 5.74) is 2.99.